The molecule has 0 spiro atoms. The van der Waals surface area contributed by atoms with Gasteiger partial charge in [-0.05, 0) is 31.7 Å². The zero-order chi connectivity index (χ0) is 16.6. The second-order valence-electron chi connectivity index (χ2n) is 6.99. The Morgan fingerprint density at radius 2 is 1.71 bits per heavy atom. The SMILES string of the molecule is C[C@@]1(c2ccccc2)OC[C@@H]2CC[C@@H](Cc3ccccc3)C(=O)N21. The van der Waals surface area contributed by atoms with Crippen molar-refractivity contribution in [2.75, 3.05) is 6.61 Å². The van der Waals surface area contributed by atoms with Gasteiger partial charge in [0.1, 0.15) is 0 Å². The lowest BCUT2D eigenvalue weighted by molar-refractivity contribution is -0.158. The first-order chi connectivity index (χ1) is 11.7. The van der Waals surface area contributed by atoms with E-state index in [-0.39, 0.29) is 17.9 Å². The van der Waals surface area contributed by atoms with Gasteiger partial charge < -0.3 is 9.64 Å². The third kappa shape index (κ3) is 2.53. The molecule has 2 aliphatic rings. The lowest BCUT2D eigenvalue weighted by atomic mass is 9.86. The molecule has 3 nitrogen and oxygen atoms in total. The molecule has 2 heterocycles. The molecule has 1 amide bonds. The van der Waals surface area contributed by atoms with Crippen LogP contribution in [0.3, 0.4) is 0 Å². The second kappa shape index (κ2) is 6.06. The number of nitrogens with zero attached hydrogens (tertiary/aromatic N) is 1. The fourth-order valence-electron chi connectivity index (χ4n) is 4.13. The van der Waals surface area contributed by atoms with E-state index in [1.54, 1.807) is 0 Å². The van der Waals surface area contributed by atoms with Crippen molar-refractivity contribution in [2.24, 2.45) is 5.92 Å². The monoisotopic (exact) mass is 321 g/mol. The summed E-state index contributed by atoms with van der Waals surface area (Å²) in [7, 11) is 0. The smallest absolute Gasteiger partial charge is 0.228 e. The second-order valence-corrected chi connectivity index (χ2v) is 6.99. The third-order valence-electron chi connectivity index (χ3n) is 5.45. The molecule has 2 aromatic rings. The number of fused-ring (bicyclic) bond motifs is 1. The molecule has 2 aromatic carbocycles. The van der Waals surface area contributed by atoms with Crippen molar-refractivity contribution in [3.8, 4) is 0 Å². The van der Waals surface area contributed by atoms with E-state index < -0.39 is 5.72 Å². The number of piperidine rings is 1. The number of rotatable bonds is 3. The Bertz CT molecular complexity index is 715. The third-order valence-corrected chi connectivity index (χ3v) is 5.45. The number of carbonyl (C=O) groups excluding carboxylic acids is 1. The zero-order valence-electron chi connectivity index (χ0n) is 14.0. The molecule has 0 radical (unpaired) electrons. The molecule has 0 N–H and O–H groups in total. The van der Waals surface area contributed by atoms with Crippen LogP contribution in [0, 0.1) is 5.92 Å². The normalized spacial score (nSPS) is 29.5. The molecule has 2 aliphatic heterocycles. The maximum absolute atomic E-state index is 13.2. The maximum atomic E-state index is 13.2. The molecule has 0 unspecified atom stereocenters. The van der Waals surface area contributed by atoms with Gasteiger partial charge in [0, 0.05) is 11.5 Å². The van der Waals surface area contributed by atoms with E-state index in [0.717, 1.165) is 24.8 Å². The summed E-state index contributed by atoms with van der Waals surface area (Å²) in [5.74, 6) is 0.285. The molecular weight excluding hydrogens is 298 g/mol. The number of amides is 1. The number of ether oxygens (including phenoxy) is 1. The van der Waals surface area contributed by atoms with Gasteiger partial charge in [0.05, 0.1) is 12.6 Å². The number of benzene rings is 2. The van der Waals surface area contributed by atoms with Crippen LogP contribution in [0.1, 0.15) is 30.9 Å². The lowest BCUT2D eigenvalue weighted by Crippen LogP contribution is -2.53. The van der Waals surface area contributed by atoms with E-state index in [0.29, 0.717) is 6.61 Å². The fraction of sp³-hybridized carbons (Fsp3) is 0.381. The van der Waals surface area contributed by atoms with E-state index in [9.17, 15) is 4.79 Å². The van der Waals surface area contributed by atoms with Crippen LogP contribution in [0.2, 0.25) is 0 Å². The Labute approximate surface area is 143 Å². The Kier molecular flexibility index (Phi) is 3.89. The topological polar surface area (TPSA) is 29.5 Å². The Morgan fingerprint density at radius 3 is 2.42 bits per heavy atom. The summed E-state index contributed by atoms with van der Waals surface area (Å²) < 4.78 is 6.15. The molecule has 3 heteroatoms. The Hall–Kier alpha value is -2.13. The molecule has 124 valence electrons. The van der Waals surface area contributed by atoms with Crippen LogP contribution < -0.4 is 0 Å². The highest BCUT2D eigenvalue weighted by molar-refractivity contribution is 5.81. The molecular formula is C21H23NO2. The van der Waals surface area contributed by atoms with Crippen molar-refractivity contribution in [3.05, 3.63) is 71.8 Å². The van der Waals surface area contributed by atoms with Crippen molar-refractivity contribution < 1.29 is 9.53 Å². The quantitative estimate of drug-likeness (QED) is 0.862. The molecule has 24 heavy (non-hydrogen) atoms. The van der Waals surface area contributed by atoms with Crippen LogP contribution in [0.25, 0.3) is 0 Å². The van der Waals surface area contributed by atoms with Gasteiger partial charge >= 0.3 is 0 Å². The highest BCUT2D eigenvalue weighted by Gasteiger charge is 2.51. The van der Waals surface area contributed by atoms with E-state index in [1.165, 1.54) is 5.56 Å². The van der Waals surface area contributed by atoms with Crippen LogP contribution in [0.15, 0.2) is 60.7 Å². The van der Waals surface area contributed by atoms with Crippen LogP contribution in [-0.2, 0) is 21.7 Å². The zero-order valence-corrected chi connectivity index (χ0v) is 14.0. The molecule has 0 aliphatic carbocycles. The Morgan fingerprint density at radius 1 is 1.04 bits per heavy atom. The summed E-state index contributed by atoms with van der Waals surface area (Å²) in [6, 6.07) is 20.6. The first-order valence-corrected chi connectivity index (χ1v) is 8.75. The summed E-state index contributed by atoms with van der Waals surface area (Å²) in [6.45, 7) is 2.67. The van der Waals surface area contributed by atoms with Crippen molar-refractivity contribution in [2.45, 2.75) is 38.0 Å². The average Bonchev–Trinajstić information content (AvgIpc) is 2.98. The first kappa shape index (κ1) is 15.4. The minimum atomic E-state index is -0.641. The lowest BCUT2D eigenvalue weighted by Gasteiger charge is -2.42. The Balaban J connectivity index is 1.61. The summed E-state index contributed by atoms with van der Waals surface area (Å²) in [4.78, 5) is 15.3. The van der Waals surface area contributed by atoms with E-state index in [2.05, 4.69) is 24.3 Å². The number of hydrogen-bond acceptors (Lipinski definition) is 2. The van der Waals surface area contributed by atoms with Gasteiger partial charge in [-0.15, -0.1) is 0 Å². The molecule has 0 aromatic heterocycles. The average molecular weight is 321 g/mol. The molecule has 2 saturated heterocycles. The standard InChI is InChI=1S/C21H23NO2/c1-21(18-10-6-3-7-11-18)22-19(15-24-21)13-12-17(20(22)23)14-16-8-4-2-5-9-16/h2-11,17,19H,12-15H2,1H3/t17-,19-,21-/m0/s1. The van der Waals surface area contributed by atoms with Crippen LogP contribution >= 0.6 is 0 Å². The fourth-order valence-corrected chi connectivity index (χ4v) is 4.13. The van der Waals surface area contributed by atoms with Crippen LogP contribution in [-0.4, -0.2) is 23.5 Å². The largest absolute Gasteiger partial charge is 0.349 e. The van der Waals surface area contributed by atoms with Gasteiger partial charge in [0.2, 0.25) is 5.91 Å². The summed E-state index contributed by atoms with van der Waals surface area (Å²) in [5.41, 5.74) is 1.65. The maximum Gasteiger partial charge on any atom is 0.228 e. The first-order valence-electron chi connectivity index (χ1n) is 8.75. The number of carbonyl (C=O) groups is 1. The van der Waals surface area contributed by atoms with Gasteiger partial charge in [-0.3, -0.25) is 4.79 Å². The molecule has 3 atom stereocenters. The predicted molar refractivity (Wildman–Crippen MR) is 93.3 cm³/mol. The van der Waals surface area contributed by atoms with Gasteiger partial charge in [-0.1, -0.05) is 60.7 Å². The molecule has 0 saturated carbocycles. The minimum Gasteiger partial charge on any atom is -0.349 e. The molecule has 4 rings (SSSR count). The minimum absolute atomic E-state index is 0.0494. The summed E-state index contributed by atoms with van der Waals surface area (Å²) in [5, 5.41) is 0. The summed E-state index contributed by atoms with van der Waals surface area (Å²) >= 11 is 0. The number of hydrogen-bond donors (Lipinski definition) is 0. The molecule has 0 bridgehead atoms. The van der Waals surface area contributed by atoms with Crippen molar-refractivity contribution in [3.63, 3.8) is 0 Å². The highest BCUT2D eigenvalue weighted by Crippen LogP contribution is 2.43. The van der Waals surface area contributed by atoms with E-state index in [4.69, 9.17) is 4.74 Å². The predicted octanol–water partition coefficient (Wildman–Crippen LogP) is 3.74. The molecule has 2 fully saturated rings. The van der Waals surface area contributed by atoms with Gasteiger partial charge in [0.25, 0.3) is 0 Å². The highest BCUT2D eigenvalue weighted by atomic mass is 16.5. The van der Waals surface area contributed by atoms with Gasteiger partial charge in [0.15, 0.2) is 5.72 Å². The van der Waals surface area contributed by atoms with Crippen LogP contribution in [0.4, 0.5) is 0 Å². The van der Waals surface area contributed by atoms with Crippen molar-refractivity contribution >= 4 is 5.91 Å². The van der Waals surface area contributed by atoms with Crippen molar-refractivity contribution in [1.29, 1.82) is 0 Å². The van der Waals surface area contributed by atoms with Crippen molar-refractivity contribution in [1.82, 2.24) is 4.90 Å². The van der Waals surface area contributed by atoms with E-state index >= 15 is 0 Å². The van der Waals surface area contributed by atoms with Gasteiger partial charge in [-0.2, -0.15) is 0 Å². The van der Waals surface area contributed by atoms with Crippen LogP contribution in [0.5, 0.6) is 0 Å². The summed E-state index contributed by atoms with van der Waals surface area (Å²) in [6.07, 6.45) is 2.78. The van der Waals surface area contributed by atoms with E-state index in [1.807, 2.05) is 48.2 Å². The van der Waals surface area contributed by atoms with Gasteiger partial charge in [-0.25, -0.2) is 0 Å².